The highest BCUT2D eigenvalue weighted by atomic mass is 16.2. The molecule has 0 atom stereocenters. The predicted octanol–water partition coefficient (Wildman–Crippen LogP) is 3.86. The maximum Gasteiger partial charge on any atom is 0.257 e. The quantitative estimate of drug-likeness (QED) is 0.556. The van der Waals surface area contributed by atoms with E-state index < -0.39 is 0 Å². The molecule has 6 heteroatoms. The Morgan fingerprint density at radius 3 is 2.03 bits per heavy atom. The van der Waals surface area contributed by atoms with Crippen molar-refractivity contribution in [2.24, 2.45) is 0 Å². The van der Waals surface area contributed by atoms with Gasteiger partial charge in [0.1, 0.15) is 0 Å². The Morgan fingerprint density at radius 1 is 0.818 bits per heavy atom. The number of hydrogen-bond acceptors (Lipinski definition) is 3. The van der Waals surface area contributed by atoms with Crippen LogP contribution in [0.4, 0.5) is 0 Å². The summed E-state index contributed by atoms with van der Waals surface area (Å²) in [5, 5.41) is 4.63. The number of carbonyl (C=O) groups excluding carboxylic acids is 2. The lowest BCUT2D eigenvalue weighted by Gasteiger charge is -2.35. The smallest absolute Gasteiger partial charge is 0.257 e. The van der Waals surface area contributed by atoms with Crippen molar-refractivity contribution in [1.29, 1.82) is 0 Å². The maximum absolute atomic E-state index is 13.3. The molecule has 0 N–H and O–H groups in total. The number of rotatable bonds is 7. The van der Waals surface area contributed by atoms with E-state index in [9.17, 15) is 9.59 Å². The molecule has 3 aromatic rings. The van der Waals surface area contributed by atoms with Crippen LogP contribution in [-0.2, 0) is 17.8 Å². The van der Waals surface area contributed by atoms with E-state index in [2.05, 4.69) is 29.4 Å². The summed E-state index contributed by atoms with van der Waals surface area (Å²) < 4.78 is 1.91. The first-order chi connectivity index (χ1) is 16.0. The average molecular weight is 445 g/mol. The number of nitrogens with zero attached hydrogens (tertiary/aromatic N) is 4. The molecule has 172 valence electrons. The Bertz CT molecular complexity index is 1080. The van der Waals surface area contributed by atoms with E-state index in [0.29, 0.717) is 44.7 Å². The van der Waals surface area contributed by atoms with E-state index in [4.69, 9.17) is 0 Å². The standard InChI is InChI=1S/C27H32N4O2/c1-21-26(22(2)31(28-21)20-24-12-7-4-8-13-24)27(33)30-18-16-29(17-19-30)25(32)15-9-14-23-10-5-3-6-11-23/h3-8,10-13H,9,14-20H2,1-2H3. The van der Waals surface area contributed by atoms with Gasteiger partial charge in [-0.1, -0.05) is 60.7 Å². The molecule has 2 aromatic carbocycles. The summed E-state index contributed by atoms with van der Waals surface area (Å²) >= 11 is 0. The topological polar surface area (TPSA) is 58.4 Å². The van der Waals surface area contributed by atoms with Crippen molar-refractivity contribution in [3.8, 4) is 0 Å². The Balaban J connectivity index is 1.30. The maximum atomic E-state index is 13.3. The van der Waals surface area contributed by atoms with Crippen molar-refractivity contribution in [2.75, 3.05) is 26.2 Å². The number of aromatic nitrogens is 2. The molecule has 4 rings (SSSR count). The van der Waals surface area contributed by atoms with Crippen molar-refractivity contribution in [2.45, 2.75) is 39.7 Å². The Hall–Kier alpha value is -3.41. The minimum Gasteiger partial charge on any atom is -0.339 e. The molecule has 1 aliphatic heterocycles. The van der Waals surface area contributed by atoms with Gasteiger partial charge in [0.05, 0.1) is 17.8 Å². The van der Waals surface area contributed by atoms with Crippen LogP contribution in [0, 0.1) is 13.8 Å². The van der Waals surface area contributed by atoms with E-state index in [1.807, 2.05) is 64.7 Å². The fourth-order valence-electron chi connectivity index (χ4n) is 4.48. The van der Waals surface area contributed by atoms with Gasteiger partial charge in [-0.2, -0.15) is 5.10 Å². The molecule has 1 saturated heterocycles. The van der Waals surface area contributed by atoms with Crippen LogP contribution in [0.15, 0.2) is 60.7 Å². The second-order valence-electron chi connectivity index (χ2n) is 8.70. The number of piperazine rings is 1. The van der Waals surface area contributed by atoms with Gasteiger partial charge in [-0.15, -0.1) is 0 Å². The molecule has 0 radical (unpaired) electrons. The molecular formula is C27H32N4O2. The molecule has 0 bridgehead atoms. The highest BCUT2D eigenvalue weighted by Crippen LogP contribution is 2.19. The van der Waals surface area contributed by atoms with Crippen molar-refractivity contribution >= 4 is 11.8 Å². The van der Waals surface area contributed by atoms with E-state index in [-0.39, 0.29) is 11.8 Å². The van der Waals surface area contributed by atoms with Gasteiger partial charge in [0.15, 0.2) is 0 Å². The first-order valence-electron chi connectivity index (χ1n) is 11.7. The van der Waals surface area contributed by atoms with Crippen molar-refractivity contribution < 1.29 is 9.59 Å². The fraction of sp³-hybridized carbons (Fsp3) is 0.370. The summed E-state index contributed by atoms with van der Waals surface area (Å²) in [4.78, 5) is 29.7. The van der Waals surface area contributed by atoms with E-state index >= 15 is 0 Å². The third kappa shape index (κ3) is 5.51. The average Bonchev–Trinajstić information content (AvgIpc) is 3.12. The summed E-state index contributed by atoms with van der Waals surface area (Å²) in [6.45, 7) is 6.80. The van der Waals surface area contributed by atoms with Gasteiger partial charge in [-0.3, -0.25) is 14.3 Å². The zero-order valence-electron chi connectivity index (χ0n) is 19.5. The minimum atomic E-state index is 0.0143. The molecule has 1 fully saturated rings. The van der Waals surface area contributed by atoms with Gasteiger partial charge in [0.2, 0.25) is 5.91 Å². The summed E-state index contributed by atoms with van der Waals surface area (Å²) in [6, 6.07) is 20.4. The second-order valence-corrected chi connectivity index (χ2v) is 8.70. The van der Waals surface area contributed by atoms with Crippen LogP contribution >= 0.6 is 0 Å². The summed E-state index contributed by atoms with van der Waals surface area (Å²) in [6.07, 6.45) is 2.31. The van der Waals surface area contributed by atoms with Crippen LogP contribution in [0.25, 0.3) is 0 Å². The lowest BCUT2D eigenvalue weighted by molar-refractivity contribution is -0.132. The monoisotopic (exact) mass is 444 g/mol. The summed E-state index contributed by atoms with van der Waals surface area (Å²) in [5.74, 6) is 0.196. The largest absolute Gasteiger partial charge is 0.339 e. The van der Waals surface area contributed by atoms with Crippen LogP contribution in [0.3, 0.4) is 0 Å². The zero-order valence-corrected chi connectivity index (χ0v) is 19.5. The Morgan fingerprint density at radius 2 is 1.39 bits per heavy atom. The van der Waals surface area contributed by atoms with Crippen LogP contribution < -0.4 is 0 Å². The van der Waals surface area contributed by atoms with Crippen LogP contribution in [0.5, 0.6) is 0 Å². The number of aryl methyl sites for hydroxylation is 2. The summed E-state index contributed by atoms with van der Waals surface area (Å²) in [7, 11) is 0. The molecular weight excluding hydrogens is 412 g/mol. The van der Waals surface area contributed by atoms with Crippen molar-refractivity contribution in [3.63, 3.8) is 0 Å². The molecule has 0 saturated carbocycles. The number of hydrogen-bond donors (Lipinski definition) is 0. The molecule has 0 spiro atoms. The van der Waals surface area contributed by atoms with Gasteiger partial charge in [-0.05, 0) is 37.8 Å². The third-order valence-corrected chi connectivity index (χ3v) is 6.39. The predicted molar refractivity (Wildman–Crippen MR) is 129 cm³/mol. The minimum absolute atomic E-state index is 0.0143. The number of benzene rings is 2. The van der Waals surface area contributed by atoms with Gasteiger partial charge < -0.3 is 9.80 Å². The number of amides is 2. The van der Waals surface area contributed by atoms with Gasteiger partial charge >= 0.3 is 0 Å². The van der Waals surface area contributed by atoms with Crippen molar-refractivity contribution in [3.05, 3.63) is 88.7 Å². The van der Waals surface area contributed by atoms with Crippen LogP contribution in [-0.4, -0.2) is 57.6 Å². The second kappa shape index (κ2) is 10.5. The van der Waals surface area contributed by atoms with Gasteiger partial charge in [-0.25, -0.2) is 0 Å². The normalized spacial score (nSPS) is 13.9. The fourth-order valence-corrected chi connectivity index (χ4v) is 4.48. The van der Waals surface area contributed by atoms with Crippen LogP contribution in [0.1, 0.15) is 45.7 Å². The molecule has 6 nitrogen and oxygen atoms in total. The number of carbonyl (C=O) groups is 2. The lowest BCUT2D eigenvalue weighted by atomic mass is 10.1. The lowest BCUT2D eigenvalue weighted by Crippen LogP contribution is -2.50. The Kier molecular flexibility index (Phi) is 7.23. The third-order valence-electron chi connectivity index (χ3n) is 6.39. The first kappa shape index (κ1) is 22.8. The first-order valence-corrected chi connectivity index (χ1v) is 11.7. The van der Waals surface area contributed by atoms with E-state index in [1.54, 1.807) is 0 Å². The highest BCUT2D eigenvalue weighted by Gasteiger charge is 2.28. The van der Waals surface area contributed by atoms with Crippen LogP contribution in [0.2, 0.25) is 0 Å². The van der Waals surface area contributed by atoms with E-state index in [1.165, 1.54) is 5.56 Å². The summed E-state index contributed by atoms with van der Waals surface area (Å²) in [5.41, 5.74) is 4.75. The molecule has 0 unspecified atom stereocenters. The Labute approximate surface area is 195 Å². The van der Waals surface area contributed by atoms with Crippen molar-refractivity contribution in [1.82, 2.24) is 19.6 Å². The molecule has 1 aromatic heterocycles. The van der Waals surface area contributed by atoms with E-state index in [0.717, 1.165) is 29.8 Å². The molecule has 0 aliphatic carbocycles. The highest BCUT2D eigenvalue weighted by molar-refractivity contribution is 5.96. The van der Waals surface area contributed by atoms with Gasteiger partial charge in [0.25, 0.3) is 5.91 Å². The molecule has 2 heterocycles. The SMILES string of the molecule is Cc1nn(Cc2ccccc2)c(C)c1C(=O)N1CCN(C(=O)CCCc2ccccc2)CC1. The molecule has 33 heavy (non-hydrogen) atoms. The molecule has 2 amide bonds. The zero-order chi connectivity index (χ0) is 23.2. The van der Waals surface area contributed by atoms with Gasteiger partial charge in [0, 0.05) is 38.3 Å². The molecule has 1 aliphatic rings.